The molecule has 1 aliphatic rings. The summed E-state index contributed by atoms with van der Waals surface area (Å²) in [7, 11) is 1.97. The molecule has 1 aromatic rings. The molecule has 0 aromatic heterocycles. The van der Waals surface area contributed by atoms with Crippen LogP contribution < -0.4 is 0 Å². The third-order valence-corrected chi connectivity index (χ3v) is 4.18. The standard InChI is InChI=1S/C16H22FNO/c1-12-7-9-13(10-8-12)18(2)11-16(19)14-5-3-4-6-15(14)17/h3-6,12-13H,7-11H2,1-2H3. The van der Waals surface area contributed by atoms with Crippen LogP contribution in [-0.4, -0.2) is 30.3 Å². The van der Waals surface area contributed by atoms with E-state index in [-0.39, 0.29) is 11.3 Å². The van der Waals surface area contributed by atoms with Crippen molar-refractivity contribution in [3.05, 3.63) is 35.6 Å². The summed E-state index contributed by atoms with van der Waals surface area (Å²) in [6.07, 6.45) is 4.73. The Hall–Kier alpha value is -1.22. The first kappa shape index (κ1) is 14.2. The molecular weight excluding hydrogens is 241 g/mol. The predicted octanol–water partition coefficient (Wildman–Crippen LogP) is 3.52. The quantitative estimate of drug-likeness (QED) is 0.775. The molecule has 3 heteroatoms. The van der Waals surface area contributed by atoms with Gasteiger partial charge >= 0.3 is 0 Å². The number of nitrogens with zero attached hydrogens (tertiary/aromatic N) is 1. The Balaban J connectivity index is 1.94. The highest BCUT2D eigenvalue weighted by Gasteiger charge is 2.23. The molecule has 0 atom stereocenters. The first-order valence-corrected chi connectivity index (χ1v) is 7.06. The molecule has 19 heavy (non-hydrogen) atoms. The highest BCUT2D eigenvalue weighted by atomic mass is 19.1. The predicted molar refractivity (Wildman–Crippen MR) is 74.8 cm³/mol. The average molecular weight is 263 g/mol. The largest absolute Gasteiger partial charge is 0.296 e. The molecule has 1 saturated carbocycles. The van der Waals surface area contributed by atoms with Crippen molar-refractivity contribution in [2.24, 2.45) is 5.92 Å². The summed E-state index contributed by atoms with van der Waals surface area (Å²) in [5.41, 5.74) is 0.207. The first-order valence-electron chi connectivity index (χ1n) is 7.06. The SMILES string of the molecule is CC1CCC(N(C)CC(=O)c2ccccc2F)CC1. The molecule has 0 radical (unpaired) electrons. The summed E-state index contributed by atoms with van der Waals surface area (Å²) in [6, 6.07) is 6.69. The van der Waals surface area contributed by atoms with Crippen LogP contribution in [0.25, 0.3) is 0 Å². The number of halogens is 1. The Morgan fingerprint density at radius 1 is 1.26 bits per heavy atom. The number of carbonyl (C=O) groups excluding carboxylic acids is 1. The van der Waals surface area contributed by atoms with E-state index in [1.165, 1.54) is 18.9 Å². The average Bonchev–Trinajstić information content (AvgIpc) is 2.39. The van der Waals surface area contributed by atoms with Gasteiger partial charge in [-0.05, 0) is 50.8 Å². The van der Waals surface area contributed by atoms with Crippen molar-refractivity contribution >= 4 is 5.78 Å². The van der Waals surface area contributed by atoms with Crippen molar-refractivity contribution < 1.29 is 9.18 Å². The van der Waals surface area contributed by atoms with Gasteiger partial charge in [-0.15, -0.1) is 0 Å². The fourth-order valence-corrected chi connectivity index (χ4v) is 2.81. The minimum atomic E-state index is -0.418. The number of hydrogen-bond donors (Lipinski definition) is 0. The lowest BCUT2D eigenvalue weighted by atomic mass is 9.86. The molecular formula is C16H22FNO. The Kier molecular flexibility index (Phi) is 4.70. The normalized spacial score (nSPS) is 23.6. The van der Waals surface area contributed by atoms with Gasteiger partial charge in [0.15, 0.2) is 5.78 Å². The van der Waals surface area contributed by atoms with E-state index in [1.807, 2.05) is 7.05 Å². The van der Waals surface area contributed by atoms with Crippen molar-refractivity contribution in [2.75, 3.05) is 13.6 Å². The molecule has 0 bridgehead atoms. The molecule has 0 aliphatic heterocycles. The number of hydrogen-bond acceptors (Lipinski definition) is 2. The van der Waals surface area contributed by atoms with E-state index in [1.54, 1.807) is 18.2 Å². The van der Waals surface area contributed by atoms with Gasteiger partial charge in [0.2, 0.25) is 0 Å². The highest BCUT2D eigenvalue weighted by molar-refractivity contribution is 5.97. The van der Waals surface area contributed by atoms with Crippen LogP contribution in [0, 0.1) is 11.7 Å². The topological polar surface area (TPSA) is 20.3 Å². The van der Waals surface area contributed by atoms with E-state index < -0.39 is 5.82 Å². The molecule has 0 spiro atoms. The third-order valence-electron chi connectivity index (χ3n) is 4.18. The molecule has 0 amide bonds. The van der Waals surface area contributed by atoms with Crippen LogP contribution >= 0.6 is 0 Å². The third kappa shape index (κ3) is 3.63. The van der Waals surface area contributed by atoms with Crippen LogP contribution in [-0.2, 0) is 0 Å². The van der Waals surface area contributed by atoms with Gasteiger partial charge in [-0.25, -0.2) is 4.39 Å². The summed E-state index contributed by atoms with van der Waals surface area (Å²) in [4.78, 5) is 14.2. The second-order valence-corrected chi connectivity index (χ2v) is 5.73. The van der Waals surface area contributed by atoms with Crippen LogP contribution in [0.15, 0.2) is 24.3 Å². The van der Waals surface area contributed by atoms with Crippen LogP contribution in [0.4, 0.5) is 4.39 Å². The second kappa shape index (κ2) is 6.29. The maximum Gasteiger partial charge on any atom is 0.179 e. The van der Waals surface area contributed by atoms with Crippen molar-refractivity contribution in [3.63, 3.8) is 0 Å². The van der Waals surface area contributed by atoms with E-state index in [9.17, 15) is 9.18 Å². The van der Waals surface area contributed by atoms with Gasteiger partial charge in [-0.2, -0.15) is 0 Å². The van der Waals surface area contributed by atoms with Gasteiger partial charge in [0.05, 0.1) is 12.1 Å². The number of Topliss-reactive ketones (excluding diaryl/α,β-unsaturated/α-hetero) is 1. The van der Waals surface area contributed by atoms with Crippen LogP contribution in [0.2, 0.25) is 0 Å². The van der Waals surface area contributed by atoms with Crippen LogP contribution in [0.5, 0.6) is 0 Å². The van der Waals surface area contributed by atoms with Crippen molar-refractivity contribution in [1.82, 2.24) is 4.90 Å². The highest BCUT2D eigenvalue weighted by Crippen LogP contribution is 2.26. The first-order chi connectivity index (χ1) is 9.08. The maximum absolute atomic E-state index is 13.5. The summed E-state index contributed by atoms with van der Waals surface area (Å²) >= 11 is 0. The van der Waals surface area contributed by atoms with E-state index in [4.69, 9.17) is 0 Å². The summed E-state index contributed by atoms with van der Waals surface area (Å²) < 4.78 is 13.5. The van der Waals surface area contributed by atoms with Gasteiger partial charge in [-0.1, -0.05) is 19.1 Å². The lowest BCUT2D eigenvalue weighted by molar-refractivity contribution is 0.0885. The van der Waals surface area contributed by atoms with Crippen molar-refractivity contribution in [2.45, 2.75) is 38.6 Å². The van der Waals surface area contributed by atoms with Gasteiger partial charge in [-0.3, -0.25) is 9.69 Å². The number of ketones is 1. The monoisotopic (exact) mass is 263 g/mol. The van der Waals surface area contributed by atoms with E-state index in [0.717, 1.165) is 18.8 Å². The Bertz CT molecular complexity index is 438. The van der Waals surface area contributed by atoms with Gasteiger partial charge in [0.25, 0.3) is 0 Å². The van der Waals surface area contributed by atoms with Gasteiger partial charge in [0.1, 0.15) is 5.82 Å². The van der Waals surface area contributed by atoms with Crippen molar-refractivity contribution in [1.29, 1.82) is 0 Å². The number of benzene rings is 1. The molecule has 0 heterocycles. The van der Waals surface area contributed by atoms with Crippen molar-refractivity contribution in [3.8, 4) is 0 Å². The molecule has 104 valence electrons. The molecule has 2 rings (SSSR count). The molecule has 1 aliphatic carbocycles. The second-order valence-electron chi connectivity index (χ2n) is 5.73. The zero-order chi connectivity index (χ0) is 13.8. The molecule has 1 fully saturated rings. The van der Waals surface area contributed by atoms with E-state index in [2.05, 4.69) is 11.8 Å². The Morgan fingerprint density at radius 3 is 2.53 bits per heavy atom. The Labute approximate surface area is 114 Å². The fraction of sp³-hybridized carbons (Fsp3) is 0.562. The summed E-state index contributed by atoms with van der Waals surface area (Å²) in [5.74, 6) is 0.254. The smallest absolute Gasteiger partial charge is 0.179 e. The zero-order valence-corrected chi connectivity index (χ0v) is 11.7. The van der Waals surface area contributed by atoms with E-state index in [0.29, 0.717) is 12.6 Å². The maximum atomic E-state index is 13.5. The Morgan fingerprint density at radius 2 is 1.89 bits per heavy atom. The minimum Gasteiger partial charge on any atom is -0.296 e. The summed E-state index contributed by atoms with van der Waals surface area (Å²) in [5, 5.41) is 0. The molecule has 0 saturated heterocycles. The van der Waals surface area contributed by atoms with Crippen LogP contribution in [0.3, 0.4) is 0 Å². The van der Waals surface area contributed by atoms with Gasteiger partial charge < -0.3 is 0 Å². The molecule has 2 nitrogen and oxygen atoms in total. The lowest BCUT2D eigenvalue weighted by Gasteiger charge is -2.33. The number of likely N-dealkylation sites (N-methyl/N-ethyl adjacent to an activating group) is 1. The lowest BCUT2D eigenvalue weighted by Crippen LogP contribution is -2.38. The molecule has 1 aromatic carbocycles. The fourth-order valence-electron chi connectivity index (χ4n) is 2.81. The minimum absolute atomic E-state index is 0.126. The zero-order valence-electron chi connectivity index (χ0n) is 11.7. The van der Waals surface area contributed by atoms with Gasteiger partial charge in [0, 0.05) is 6.04 Å². The van der Waals surface area contributed by atoms with E-state index >= 15 is 0 Å². The molecule has 0 unspecified atom stereocenters. The summed E-state index contributed by atoms with van der Waals surface area (Å²) in [6.45, 7) is 2.58. The number of rotatable bonds is 4. The number of carbonyl (C=O) groups is 1. The molecule has 0 N–H and O–H groups in total. The van der Waals surface area contributed by atoms with Crippen LogP contribution in [0.1, 0.15) is 43.0 Å².